The number of carbonyl (C=O) groups excluding carboxylic acids is 1. The van der Waals surface area contributed by atoms with Gasteiger partial charge in [0.05, 0.1) is 17.4 Å². The van der Waals surface area contributed by atoms with Gasteiger partial charge in [-0.2, -0.15) is 5.10 Å². The van der Waals surface area contributed by atoms with E-state index >= 15 is 0 Å². The van der Waals surface area contributed by atoms with Crippen molar-refractivity contribution in [1.29, 1.82) is 0 Å². The van der Waals surface area contributed by atoms with Crippen molar-refractivity contribution in [2.24, 2.45) is 5.10 Å². The second-order valence-corrected chi connectivity index (χ2v) is 11.8. The molecule has 0 saturated carbocycles. The monoisotopic (exact) mass is 518 g/mol. The van der Waals surface area contributed by atoms with E-state index < -0.39 is 0 Å². The molecule has 1 amide bonds. The van der Waals surface area contributed by atoms with Crippen LogP contribution in [0.15, 0.2) is 69.0 Å². The van der Waals surface area contributed by atoms with E-state index in [0.717, 1.165) is 16.7 Å². The van der Waals surface area contributed by atoms with Gasteiger partial charge in [-0.25, -0.2) is 10.4 Å². The number of hydrogen-bond acceptors (Lipinski definition) is 6. The van der Waals surface area contributed by atoms with Gasteiger partial charge in [-0.3, -0.25) is 9.59 Å². The van der Waals surface area contributed by atoms with Crippen LogP contribution in [0.2, 0.25) is 0 Å². The highest BCUT2D eigenvalue weighted by molar-refractivity contribution is 7.99. The lowest BCUT2D eigenvalue weighted by atomic mass is 9.87. The van der Waals surface area contributed by atoms with Gasteiger partial charge in [0.15, 0.2) is 5.16 Å². The molecule has 0 saturated heterocycles. The van der Waals surface area contributed by atoms with Gasteiger partial charge in [0, 0.05) is 10.9 Å². The van der Waals surface area contributed by atoms with E-state index in [0.29, 0.717) is 21.3 Å². The molecule has 0 radical (unpaired) electrons. The Labute approximate surface area is 219 Å². The summed E-state index contributed by atoms with van der Waals surface area (Å²) in [4.78, 5) is 33.1. The molecular formula is C28H30N4O2S2. The quantitative estimate of drug-likeness (QED) is 0.130. The number of nitrogens with zero attached hydrogens (tertiary/aromatic N) is 2. The summed E-state index contributed by atoms with van der Waals surface area (Å²) in [5.41, 5.74) is 7.67. The number of benzene rings is 2. The molecular weight excluding hydrogens is 488 g/mol. The average molecular weight is 519 g/mol. The summed E-state index contributed by atoms with van der Waals surface area (Å²) < 4.78 is 0. The fourth-order valence-corrected chi connectivity index (χ4v) is 5.33. The molecule has 4 aromatic rings. The molecule has 36 heavy (non-hydrogen) atoms. The van der Waals surface area contributed by atoms with Crippen molar-refractivity contribution in [3.63, 3.8) is 0 Å². The molecule has 6 nitrogen and oxygen atoms in total. The van der Waals surface area contributed by atoms with Gasteiger partial charge in [0.25, 0.3) is 11.5 Å². The third-order valence-corrected chi connectivity index (χ3v) is 7.58. The van der Waals surface area contributed by atoms with Crippen LogP contribution in [-0.4, -0.2) is 27.8 Å². The van der Waals surface area contributed by atoms with Crippen molar-refractivity contribution in [3.8, 4) is 11.1 Å². The van der Waals surface area contributed by atoms with E-state index in [1.54, 1.807) is 6.21 Å². The molecule has 4 rings (SSSR count). The molecule has 0 spiro atoms. The normalized spacial score (nSPS) is 12.1. The molecule has 0 bridgehead atoms. The second-order valence-electron chi connectivity index (χ2n) is 9.93. The Morgan fingerprint density at radius 3 is 2.47 bits per heavy atom. The molecule has 0 aliphatic heterocycles. The van der Waals surface area contributed by atoms with Crippen LogP contribution in [0, 0.1) is 0 Å². The number of aromatic amines is 1. The van der Waals surface area contributed by atoms with Gasteiger partial charge in [0.1, 0.15) is 4.83 Å². The summed E-state index contributed by atoms with van der Waals surface area (Å²) >= 11 is 2.60. The van der Waals surface area contributed by atoms with Crippen molar-refractivity contribution in [3.05, 3.63) is 81.0 Å². The van der Waals surface area contributed by atoms with E-state index in [-0.39, 0.29) is 22.6 Å². The van der Waals surface area contributed by atoms with Crippen molar-refractivity contribution >= 4 is 45.4 Å². The third kappa shape index (κ3) is 6.12. The fraction of sp³-hybridized carbons (Fsp3) is 0.286. The van der Waals surface area contributed by atoms with Crippen LogP contribution in [0.1, 0.15) is 57.2 Å². The minimum atomic E-state index is -0.276. The highest BCUT2D eigenvalue weighted by atomic mass is 32.2. The Bertz CT molecular complexity index is 1440. The molecule has 186 valence electrons. The number of fused-ring (bicyclic) bond motifs is 1. The van der Waals surface area contributed by atoms with E-state index in [9.17, 15) is 9.59 Å². The molecule has 2 N–H and O–H groups in total. The predicted molar refractivity (Wildman–Crippen MR) is 151 cm³/mol. The van der Waals surface area contributed by atoms with Crippen LogP contribution in [0.3, 0.4) is 0 Å². The maximum absolute atomic E-state index is 12.9. The largest absolute Gasteiger partial charge is 0.301 e. The SMILES string of the molecule is CC(C)c1ccc(-c2csc3nc(SCC(=O)N/N=C/c4ccc(C(C)(C)C)cc4)[nH]c(=O)c23)cc1. The molecule has 2 aromatic carbocycles. The first kappa shape index (κ1) is 25.9. The van der Waals surface area contributed by atoms with Crippen molar-refractivity contribution in [1.82, 2.24) is 15.4 Å². The molecule has 0 aliphatic carbocycles. The number of amides is 1. The first-order valence-electron chi connectivity index (χ1n) is 11.8. The third-order valence-electron chi connectivity index (χ3n) is 5.83. The van der Waals surface area contributed by atoms with Crippen LogP contribution in [-0.2, 0) is 10.2 Å². The number of thioether (sulfide) groups is 1. The van der Waals surface area contributed by atoms with Crippen LogP contribution >= 0.6 is 23.1 Å². The number of hydrazone groups is 1. The Morgan fingerprint density at radius 2 is 1.83 bits per heavy atom. The number of carbonyl (C=O) groups is 1. The van der Waals surface area contributed by atoms with Crippen LogP contribution in [0.25, 0.3) is 21.3 Å². The first-order chi connectivity index (χ1) is 17.1. The minimum absolute atomic E-state index is 0.0862. The lowest BCUT2D eigenvalue weighted by molar-refractivity contribution is -0.118. The molecule has 0 fully saturated rings. The highest BCUT2D eigenvalue weighted by Crippen LogP contribution is 2.32. The van der Waals surface area contributed by atoms with Gasteiger partial charge in [-0.1, -0.05) is 94.9 Å². The minimum Gasteiger partial charge on any atom is -0.301 e. The van der Waals surface area contributed by atoms with E-state index in [2.05, 4.69) is 79.4 Å². The summed E-state index contributed by atoms with van der Waals surface area (Å²) in [5.74, 6) is 0.261. The molecule has 2 heterocycles. The highest BCUT2D eigenvalue weighted by Gasteiger charge is 2.15. The van der Waals surface area contributed by atoms with Crippen molar-refractivity contribution < 1.29 is 4.79 Å². The van der Waals surface area contributed by atoms with Crippen LogP contribution < -0.4 is 11.0 Å². The first-order valence-corrected chi connectivity index (χ1v) is 13.7. The molecule has 8 heteroatoms. The Hall–Kier alpha value is -3.23. The van der Waals surface area contributed by atoms with E-state index in [1.807, 2.05) is 29.6 Å². The number of hydrogen-bond donors (Lipinski definition) is 2. The van der Waals surface area contributed by atoms with Crippen molar-refractivity contribution in [2.75, 3.05) is 5.75 Å². The lowest BCUT2D eigenvalue weighted by Crippen LogP contribution is -2.20. The summed E-state index contributed by atoms with van der Waals surface area (Å²) in [7, 11) is 0. The lowest BCUT2D eigenvalue weighted by Gasteiger charge is -2.18. The summed E-state index contributed by atoms with van der Waals surface area (Å²) in [5, 5.41) is 6.99. The Balaban J connectivity index is 1.38. The maximum atomic E-state index is 12.9. The Kier molecular flexibility index (Phi) is 7.76. The predicted octanol–water partition coefficient (Wildman–Crippen LogP) is 6.31. The van der Waals surface area contributed by atoms with Gasteiger partial charge in [0.2, 0.25) is 0 Å². The van der Waals surface area contributed by atoms with Gasteiger partial charge < -0.3 is 4.98 Å². The second kappa shape index (κ2) is 10.8. The van der Waals surface area contributed by atoms with Gasteiger partial charge >= 0.3 is 0 Å². The average Bonchev–Trinajstić information content (AvgIpc) is 3.27. The number of aromatic nitrogens is 2. The topological polar surface area (TPSA) is 87.2 Å². The number of rotatable bonds is 7. The van der Waals surface area contributed by atoms with Gasteiger partial charge in [-0.05, 0) is 33.6 Å². The molecule has 0 atom stereocenters. The molecule has 2 aromatic heterocycles. The Morgan fingerprint density at radius 1 is 1.14 bits per heavy atom. The summed E-state index contributed by atoms with van der Waals surface area (Å²) in [6.07, 6.45) is 1.61. The number of nitrogens with one attached hydrogen (secondary N) is 2. The standard InChI is InChI=1S/C28H30N4O2S2/c1-17(2)19-8-10-20(11-9-19)22-15-35-26-24(22)25(34)30-27(31-26)36-16-23(33)32-29-14-18-6-12-21(13-7-18)28(3,4)5/h6-15,17H,16H2,1-5H3,(H,32,33)(H,30,31,34)/b29-14+. The van der Waals surface area contributed by atoms with Crippen LogP contribution in [0.5, 0.6) is 0 Å². The van der Waals surface area contributed by atoms with Crippen molar-refractivity contribution in [2.45, 2.75) is 51.1 Å². The summed E-state index contributed by atoms with van der Waals surface area (Å²) in [6, 6.07) is 16.4. The summed E-state index contributed by atoms with van der Waals surface area (Å²) in [6.45, 7) is 10.8. The zero-order chi connectivity index (χ0) is 25.9. The number of H-pyrrole nitrogens is 1. The number of thiophene rings is 1. The smallest absolute Gasteiger partial charge is 0.260 e. The molecule has 0 aliphatic rings. The fourth-order valence-electron chi connectivity index (χ4n) is 3.67. The zero-order valence-corrected chi connectivity index (χ0v) is 22.7. The maximum Gasteiger partial charge on any atom is 0.260 e. The molecule has 0 unspecified atom stereocenters. The van der Waals surface area contributed by atoms with E-state index in [1.165, 1.54) is 34.2 Å². The van der Waals surface area contributed by atoms with Crippen LogP contribution in [0.4, 0.5) is 0 Å². The van der Waals surface area contributed by atoms with Gasteiger partial charge in [-0.15, -0.1) is 11.3 Å². The van der Waals surface area contributed by atoms with E-state index in [4.69, 9.17) is 0 Å². The zero-order valence-electron chi connectivity index (χ0n) is 21.1.